The molecule has 0 amide bonds. The quantitative estimate of drug-likeness (QED) is 0.647. The molecule has 60 valence electrons. The van der Waals surface area contributed by atoms with Crippen molar-refractivity contribution >= 4 is 0 Å². The zero-order valence-corrected chi connectivity index (χ0v) is 7.52. The third-order valence-corrected chi connectivity index (χ3v) is 1.92. The first-order valence-corrected chi connectivity index (χ1v) is 4.08. The Hall–Kier alpha value is -0.820. The van der Waals surface area contributed by atoms with E-state index in [-0.39, 0.29) is 0 Å². The molecule has 11 heavy (non-hydrogen) atoms. The van der Waals surface area contributed by atoms with E-state index in [9.17, 15) is 0 Å². The van der Waals surface area contributed by atoms with Crippen LogP contribution in [0.25, 0.3) is 0 Å². The first kappa shape index (κ1) is 8.28. The highest BCUT2D eigenvalue weighted by Gasteiger charge is 1.97. The Labute approximate surface area is 68.4 Å². The van der Waals surface area contributed by atoms with Crippen molar-refractivity contribution in [2.45, 2.75) is 20.4 Å². The van der Waals surface area contributed by atoms with Crippen molar-refractivity contribution in [2.75, 3.05) is 7.05 Å². The minimum absolute atomic E-state index is 1.09. The molecule has 0 aliphatic carbocycles. The minimum Gasteiger partial charge on any atom is -0.345 e. The average molecular weight is 150 g/mol. The highest BCUT2D eigenvalue weighted by atomic mass is 14.8. The van der Waals surface area contributed by atoms with Crippen LogP contribution in [0, 0.1) is 13.8 Å². The summed E-state index contributed by atoms with van der Waals surface area (Å²) < 4.78 is 0. The zero-order valence-electron chi connectivity index (χ0n) is 7.52. The lowest BCUT2D eigenvalue weighted by atomic mass is 10.1. The first-order chi connectivity index (χ1) is 5.24. The Morgan fingerprint density at radius 3 is 2.55 bits per heavy atom. The fourth-order valence-corrected chi connectivity index (χ4v) is 1.29. The highest BCUT2D eigenvalue weighted by Crippen LogP contribution is 2.08. The van der Waals surface area contributed by atoms with Gasteiger partial charge in [-0.25, -0.2) is 0 Å². The van der Waals surface area contributed by atoms with Crippen molar-refractivity contribution in [1.82, 2.24) is 0 Å². The van der Waals surface area contributed by atoms with Gasteiger partial charge in [-0.2, -0.15) is 0 Å². The summed E-state index contributed by atoms with van der Waals surface area (Å²) in [7, 11) is 2.10. The monoisotopic (exact) mass is 150 g/mol. The van der Waals surface area contributed by atoms with Crippen LogP contribution in [0.1, 0.15) is 16.7 Å². The van der Waals surface area contributed by atoms with Gasteiger partial charge in [-0.1, -0.05) is 23.8 Å². The van der Waals surface area contributed by atoms with Crippen LogP contribution >= 0.6 is 0 Å². The molecule has 0 spiro atoms. The molecule has 1 aromatic rings. The van der Waals surface area contributed by atoms with Gasteiger partial charge in [0.05, 0.1) is 7.05 Å². The zero-order chi connectivity index (χ0) is 8.27. The smallest absolute Gasteiger partial charge is 0.101 e. The summed E-state index contributed by atoms with van der Waals surface area (Å²) in [6, 6.07) is 6.62. The lowest BCUT2D eigenvalue weighted by Gasteiger charge is -2.02. The SMILES string of the molecule is C[NH2+]Cc1ccc(C)cc1C. The van der Waals surface area contributed by atoms with E-state index in [0.717, 1.165) is 6.54 Å². The molecule has 1 nitrogen and oxygen atoms in total. The molecule has 1 aromatic carbocycles. The number of nitrogens with two attached hydrogens (primary N) is 1. The van der Waals surface area contributed by atoms with E-state index in [1.165, 1.54) is 16.7 Å². The maximum atomic E-state index is 2.23. The normalized spacial score (nSPS) is 10.1. The van der Waals surface area contributed by atoms with Crippen LogP contribution in [0.3, 0.4) is 0 Å². The van der Waals surface area contributed by atoms with Crippen LogP contribution in [0.15, 0.2) is 18.2 Å². The second-order valence-corrected chi connectivity index (χ2v) is 3.04. The summed E-state index contributed by atoms with van der Waals surface area (Å²) in [5.74, 6) is 0. The maximum Gasteiger partial charge on any atom is 0.101 e. The lowest BCUT2D eigenvalue weighted by Crippen LogP contribution is -2.77. The van der Waals surface area contributed by atoms with Gasteiger partial charge >= 0.3 is 0 Å². The number of hydrogen-bond donors (Lipinski definition) is 1. The van der Waals surface area contributed by atoms with E-state index in [4.69, 9.17) is 0 Å². The van der Waals surface area contributed by atoms with Gasteiger partial charge < -0.3 is 5.32 Å². The highest BCUT2D eigenvalue weighted by molar-refractivity contribution is 5.29. The van der Waals surface area contributed by atoms with Gasteiger partial charge in [-0.05, 0) is 19.4 Å². The van der Waals surface area contributed by atoms with Crippen molar-refractivity contribution in [3.05, 3.63) is 34.9 Å². The largest absolute Gasteiger partial charge is 0.345 e. The van der Waals surface area contributed by atoms with Crippen LogP contribution in [-0.2, 0) is 6.54 Å². The second-order valence-electron chi connectivity index (χ2n) is 3.04. The Bertz CT molecular complexity index is 241. The number of rotatable bonds is 2. The van der Waals surface area contributed by atoms with Crippen molar-refractivity contribution in [3.8, 4) is 0 Å². The fraction of sp³-hybridized carbons (Fsp3) is 0.400. The van der Waals surface area contributed by atoms with E-state index < -0.39 is 0 Å². The molecular formula is C10H16N+. The third-order valence-electron chi connectivity index (χ3n) is 1.92. The van der Waals surface area contributed by atoms with Crippen LogP contribution < -0.4 is 5.32 Å². The number of aryl methyl sites for hydroxylation is 2. The first-order valence-electron chi connectivity index (χ1n) is 4.08. The molecule has 2 N–H and O–H groups in total. The van der Waals surface area contributed by atoms with Gasteiger partial charge in [0.15, 0.2) is 0 Å². The van der Waals surface area contributed by atoms with Crippen LogP contribution in [0.5, 0.6) is 0 Å². The van der Waals surface area contributed by atoms with Gasteiger partial charge in [-0.15, -0.1) is 0 Å². The molecule has 0 fully saturated rings. The standard InChI is InChI=1S/C10H15N/c1-8-4-5-10(7-11-3)9(2)6-8/h4-6,11H,7H2,1-3H3/p+1. The minimum atomic E-state index is 1.09. The molecule has 1 heteroatoms. The van der Waals surface area contributed by atoms with Gasteiger partial charge in [0.25, 0.3) is 0 Å². The molecule has 0 heterocycles. The molecule has 0 bridgehead atoms. The Kier molecular flexibility index (Phi) is 2.66. The lowest BCUT2D eigenvalue weighted by molar-refractivity contribution is -0.643. The summed E-state index contributed by atoms with van der Waals surface area (Å²) in [6.07, 6.45) is 0. The number of quaternary nitrogens is 1. The summed E-state index contributed by atoms with van der Waals surface area (Å²) in [4.78, 5) is 0. The van der Waals surface area contributed by atoms with Gasteiger partial charge in [-0.3, -0.25) is 0 Å². The Balaban J connectivity index is 2.90. The summed E-state index contributed by atoms with van der Waals surface area (Å²) in [5, 5.41) is 2.19. The van der Waals surface area contributed by atoms with Gasteiger partial charge in [0, 0.05) is 5.56 Å². The predicted molar refractivity (Wildman–Crippen MR) is 47.5 cm³/mol. The fourth-order valence-electron chi connectivity index (χ4n) is 1.29. The molecule has 0 radical (unpaired) electrons. The molecule has 1 rings (SSSR count). The molecule has 0 unspecified atom stereocenters. The van der Waals surface area contributed by atoms with E-state index in [2.05, 4.69) is 44.4 Å². The van der Waals surface area contributed by atoms with Crippen LogP contribution in [0.4, 0.5) is 0 Å². The average Bonchev–Trinajstić information content (AvgIpc) is 1.95. The molecule has 0 saturated heterocycles. The predicted octanol–water partition coefficient (Wildman–Crippen LogP) is 0.997. The number of benzene rings is 1. The van der Waals surface area contributed by atoms with Crippen molar-refractivity contribution in [1.29, 1.82) is 0 Å². The molecule has 0 aliphatic rings. The molecule has 0 saturated carbocycles. The van der Waals surface area contributed by atoms with Crippen molar-refractivity contribution in [2.24, 2.45) is 0 Å². The molecule has 0 atom stereocenters. The molecular weight excluding hydrogens is 134 g/mol. The van der Waals surface area contributed by atoms with Crippen molar-refractivity contribution < 1.29 is 5.32 Å². The Morgan fingerprint density at radius 2 is 2.00 bits per heavy atom. The van der Waals surface area contributed by atoms with E-state index in [1.807, 2.05) is 0 Å². The number of hydrogen-bond acceptors (Lipinski definition) is 0. The van der Waals surface area contributed by atoms with E-state index >= 15 is 0 Å². The summed E-state index contributed by atoms with van der Waals surface area (Å²) in [6.45, 7) is 5.39. The summed E-state index contributed by atoms with van der Waals surface area (Å²) in [5.41, 5.74) is 4.20. The summed E-state index contributed by atoms with van der Waals surface area (Å²) >= 11 is 0. The second kappa shape index (κ2) is 3.54. The maximum absolute atomic E-state index is 2.23. The molecule has 0 aromatic heterocycles. The van der Waals surface area contributed by atoms with E-state index in [0.29, 0.717) is 0 Å². The molecule has 0 aliphatic heterocycles. The topological polar surface area (TPSA) is 16.6 Å². The third kappa shape index (κ3) is 2.05. The van der Waals surface area contributed by atoms with Crippen LogP contribution in [-0.4, -0.2) is 7.05 Å². The van der Waals surface area contributed by atoms with Crippen LogP contribution in [0.2, 0.25) is 0 Å². The van der Waals surface area contributed by atoms with Gasteiger partial charge in [0.1, 0.15) is 6.54 Å². The van der Waals surface area contributed by atoms with E-state index in [1.54, 1.807) is 0 Å². The van der Waals surface area contributed by atoms with Crippen molar-refractivity contribution in [3.63, 3.8) is 0 Å². The Morgan fingerprint density at radius 1 is 1.27 bits per heavy atom. The van der Waals surface area contributed by atoms with Gasteiger partial charge in [0.2, 0.25) is 0 Å².